The smallest absolute Gasteiger partial charge is 0.282 e. The second-order valence-corrected chi connectivity index (χ2v) is 5.07. The maximum absolute atomic E-state index is 11.9. The first-order chi connectivity index (χ1) is 8.79. The molecule has 0 bridgehead atoms. The fraction of sp³-hybridized carbons (Fsp3) is 0.462. The summed E-state index contributed by atoms with van der Waals surface area (Å²) in [5.41, 5.74) is 1.14. The van der Waals surface area contributed by atoms with Crippen LogP contribution in [-0.2, 0) is 5.75 Å². The maximum Gasteiger partial charge on any atom is 0.282 e. The lowest BCUT2D eigenvalue weighted by Crippen LogP contribution is -2.45. The Morgan fingerprint density at radius 3 is 2.61 bits per heavy atom. The molecule has 1 aliphatic heterocycles. The molecule has 1 N–H and O–H groups in total. The van der Waals surface area contributed by atoms with E-state index in [0.717, 1.165) is 37.5 Å². The van der Waals surface area contributed by atoms with Crippen molar-refractivity contribution in [2.75, 3.05) is 33.3 Å². The molecule has 1 aromatic carbocycles. The average Bonchev–Trinajstić information content (AvgIpc) is 2.46. The number of carbonyl (C=O) groups excluding carboxylic acids is 1. The van der Waals surface area contributed by atoms with Crippen LogP contribution in [0.15, 0.2) is 24.3 Å². The molecule has 1 heterocycles. The Labute approximate surface area is 112 Å². The van der Waals surface area contributed by atoms with Crippen molar-refractivity contribution in [1.82, 2.24) is 10.2 Å². The van der Waals surface area contributed by atoms with E-state index in [9.17, 15) is 4.79 Å². The van der Waals surface area contributed by atoms with Gasteiger partial charge in [-0.15, -0.1) is 0 Å². The molecule has 1 aliphatic rings. The van der Waals surface area contributed by atoms with Gasteiger partial charge in [0.05, 0.1) is 7.11 Å². The second-order valence-electron chi connectivity index (χ2n) is 4.14. The Bertz CT molecular complexity index is 388. The summed E-state index contributed by atoms with van der Waals surface area (Å²) in [5, 5.41) is 3.41. The Kier molecular flexibility index (Phi) is 4.90. The number of piperazine rings is 1. The first-order valence-electron chi connectivity index (χ1n) is 6.05. The molecule has 0 saturated carbocycles. The molecule has 98 valence electrons. The standard InChI is InChI=1S/C13H18N2O2S/c1-17-12-4-2-11(3-5-12)10-18-13(16)15-8-6-14-7-9-15/h2-5,14H,6-10H2,1H3. The number of thioether (sulfide) groups is 1. The normalized spacial score (nSPS) is 15.5. The number of nitrogens with zero attached hydrogens (tertiary/aromatic N) is 1. The van der Waals surface area contributed by atoms with Gasteiger partial charge in [-0.2, -0.15) is 0 Å². The topological polar surface area (TPSA) is 41.6 Å². The molecule has 0 radical (unpaired) electrons. The highest BCUT2D eigenvalue weighted by atomic mass is 32.2. The van der Waals surface area contributed by atoms with Crippen LogP contribution in [-0.4, -0.2) is 43.4 Å². The Morgan fingerprint density at radius 2 is 2.00 bits per heavy atom. The highest BCUT2D eigenvalue weighted by Crippen LogP contribution is 2.19. The number of nitrogens with one attached hydrogen (secondary N) is 1. The number of hydrogen-bond acceptors (Lipinski definition) is 4. The van der Waals surface area contributed by atoms with E-state index in [1.165, 1.54) is 11.8 Å². The molecule has 5 heteroatoms. The van der Waals surface area contributed by atoms with E-state index in [2.05, 4.69) is 5.32 Å². The van der Waals surface area contributed by atoms with Crippen LogP contribution in [0, 0.1) is 0 Å². The van der Waals surface area contributed by atoms with Crippen molar-refractivity contribution >= 4 is 17.0 Å². The molecule has 0 aromatic heterocycles. The van der Waals surface area contributed by atoms with Gasteiger partial charge in [-0.1, -0.05) is 23.9 Å². The highest BCUT2D eigenvalue weighted by Gasteiger charge is 2.16. The molecule has 1 saturated heterocycles. The zero-order valence-electron chi connectivity index (χ0n) is 10.5. The predicted octanol–water partition coefficient (Wildman–Crippen LogP) is 1.95. The van der Waals surface area contributed by atoms with Gasteiger partial charge in [0.1, 0.15) is 5.75 Å². The van der Waals surface area contributed by atoms with Crippen LogP contribution in [0.1, 0.15) is 5.56 Å². The molecule has 2 rings (SSSR count). The van der Waals surface area contributed by atoms with Crippen LogP contribution in [0.4, 0.5) is 4.79 Å². The van der Waals surface area contributed by atoms with Gasteiger partial charge in [0.25, 0.3) is 5.24 Å². The van der Waals surface area contributed by atoms with Crippen molar-refractivity contribution in [3.05, 3.63) is 29.8 Å². The van der Waals surface area contributed by atoms with Crippen molar-refractivity contribution in [1.29, 1.82) is 0 Å². The van der Waals surface area contributed by atoms with Crippen LogP contribution in [0.3, 0.4) is 0 Å². The minimum absolute atomic E-state index is 0.173. The Hall–Kier alpha value is -1.20. The molecule has 1 fully saturated rings. The van der Waals surface area contributed by atoms with E-state index in [1.54, 1.807) is 7.11 Å². The molecule has 0 aliphatic carbocycles. The van der Waals surface area contributed by atoms with E-state index in [0.29, 0.717) is 5.75 Å². The highest BCUT2D eigenvalue weighted by molar-refractivity contribution is 8.12. The van der Waals surface area contributed by atoms with Crippen molar-refractivity contribution in [2.24, 2.45) is 0 Å². The summed E-state index contributed by atoms with van der Waals surface area (Å²) in [4.78, 5) is 13.8. The van der Waals surface area contributed by atoms with Gasteiger partial charge in [0, 0.05) is 31.9 Å². The van der Waals surface area contributed by atoms with Crippen molar-refractivity contribution in [3.63, 3.8) is 0 Å². The van der Waals surface area contributed by atoms with Crippen molar-refractivity contribution in [3.8, 4) is 5.75 Å². The molecule has 18 heavy (non-hydrogen) atoms. The maximum atomic E-state index is 11.9. The second kappa shape index (κ2) is 6.66. The zero-order valence-corrected chi connectivity index (χ0v) is 11.3. The van der Waals surface area contributed by atoms with Crippen molar-refractivity contribution < 1.29 is 9.53 Å². The lowest BCUT2D eigenvalue weighted by atomic mass is 10.2. The summed E-state index contributed by atoms with van der Waals surface area (Å²) in [6, 6.07) is 7.84. The summed E-state index contributed by atoms with van der Waals surface area (Å²) in [5.74, 6) is 1.56. The lowest BCUT2D eigenvalue weighted by molar-refractivity contribution is 0.215. The molecule has 0 unspecified atom stereocenters. The SMILES string of the molecule is COc1ccc(CSC(=O)N2CCNCC2)cc1. The van der Waals surface area contributed by atoms with Gasteiger partial charge in [-0.3, -0.25) is 4.79 Å². The molecule has 4 nitrogen and oxygen atoms in total. The Morgan fingerprint density at radius 1 is 1.33 bits per heavy atom. The quantitative estimate of drug-likeness (QED) is 0.908. The van der Waals surface area contributed by atoms with Gasteiger partial charge in [0.2, 0.25) is 0 Å². The Balaban J connectivity index is 1.80. The number of methoxy groups -OCH3 is 1. The number of ether oxygens (including phenoxy) is 1. The van der Waals surface area contributed by atoms with Crippen LogP contribution < -0.4 is 10.1 Å². The zero-order chi connectivity index (χ0) is 12.8. The van der Waals surface area contributed by atoms with Crippen LogP contribution in [0.5, 0.6) is 5.75 Å². The number of benzene rings is 1. The first kappa shape index (κ1) is 13.2. The van der Waals surface area contributed by atoms with Gasteiger partial charge in [-0.25, -0.2) is 0 Å². The summed E-state index contributed by atoms with van der Waals surface area (Å²) in [6.07, 6.45) is 0. The lowest BCUT2D eigenvalue weighted by Gasteiger charge is -2.26. The number of rotatable bonds is 3. The van der Waals surface area contributed by atoms with Gasteiger partial charge < -0.3 is 15.0 Å². The van der Waals surface area contributed by atoms with E-state index < -0.39 is 0 Å². The van der Waals surface area contributed by atoms with Crippen LogP contribution in [0.25, 0.3) is 0 Å². The van der Waals surface area contributed by atoms with Gasteiger partial charge >= 0.3 is 0 Å². The molecular weight excluding hydrogens is 248 g/mol. The molecule has 0 spiro atoms. The number of amides is 1. The summed E-state index contributed by atoms with van der Waals surface area (Å²) in [7, 11) is 1.65. The fourth-order valence-electron chi connectivity index (χ4n) is 1.81. The monoisotopic (exact) mass is 266 g/mol. The fourth-order valence-corrected chi connectivity index (χ4v) is 2.65. The molecule has 0 atom stereocenters. The number of carbonyl (C=O) groups is 1. The molecule has 1 amide bonds. The number of hydrogen-bond donors (Lipinski definition) is 1. The molecular formula is C13H18N2O2S. The third-order valence-corrected chi connectivity index (χ3v) is 3.88. The predicted molar refractivity (Wildman–Crippen MR) is 74.1 cm³/mol. The third-order valence-electron chi connectivity index (χ3n) is 2.90. The van der Waals surface area contributed by atoms with Gasteiger partial charge in [0.15, 0.2) is 0 Å². The third kappa shape index (κ3) is 3.65. The summed E-state index contributed by atoms with van der Waals surface area (Å²) < 4.78 is 5.10. The minimum Gasteiger partial charge on any atom is -0.497 e. The van der Waals surface area contributed by atoms with Crippen LogP contribution >= 0.6 is 11.8 Å². The summed E-state index contributed by atoms with van der Waals surface area (Å²) in [6.45, 7) is 3.42. The van der Waals surface area contributed by atoms with Crippen molar-refractivity contribution in [2.45, 2.75) is 5.75 Å². The van der Waals surface area contributed by atoms with Gasteiger partial charge in [-0.05, 0) is 17.7 Å². The van der Waals surface area contributed by atoms with E-state index >= 15 is 0 Å². The van der Waals surface area contributed by atoms with E-state index in [4.69, 9.17) is 4.74 Å². The van der Waals surface area contributed by atoms with Crippen LogP contribution in [0.2, 0.25) is 0 Å². The average molecular weight is 266 g/mol. The summed E-state index contributed by atoms with van der Waals surface area (Å²) >= 11 is 1.37. The van der Waals surface area contributed by atoms with E-state index in [-0.39, 0.29) is 5.24 Å². The first-order valence-corrected chi connectivity index (χ1v) is 7.03. The molecule has 1 aromatic rings. The van der Waals surface area contributed by atoms with E-state index in [1.807, 2.05) is 29.2 Å². The largest absolute Gasteiger partial charge is 0.497 e. The minimum atomic E-state index is 0.173.